The highest BCUT2D eigenvalue weighted by Gasteiger charge is 2.26. The van der Waals surface area contributed by atoms with Crippen LogP contribution in [0.5, 0.6) is 0 Å². The minimum Gasteiger partial charge on any atom is -0.315 e. The number of benzene rings is 1. The summed E-state index contributed by atoms with van der Waals surface area (Å²) < 4.78 is 0. The van der Waals surface area contributed by atoms with Crippen molar-refractivity contribution in [2.24, 2.45) is 0 Å². The molecule has 23 heavy (non-hydrogen) atoms. The SMILES string of the molecule is c1ccc(-c2nc(CN3CCN(C4CCNC4)CC3)cs2)cc1. The maximum absolute atomic E-state index is 4.82. The van der Waals surface area contributed by atoms with Crippen molar-refractivity contribution in [1.29, 1.82) is 0 Å². The van der Waals surface area contributed by atoms with Crippen molar-refractivity contribution in [3.05, 3.63) is 41.4 Å². The van der Waals surface area contributed by atoms with E-state index in [0.717, 1.165) is 30.7 Å². The molecule has 1 unspecified atom stereocenters. The maximum atomic E-state index is 4.82. The van der Waals surface area contributed by atoms with Crippen molar-refractivity contribution in [2.75, 3.05) is 39.3 Å². The first-order valence-corrected chi connectivity index (χ1v) is 9.43. The highest BCUT2D eigenvalue weighted by Crippen LogP contribution is 2.24. The van der Waals surface area contributed by atoms with Gasteiger partial charge in [0.15, 0.2) is 0 Å². The minimum atomic E-state index is 0.765. The van der Waals surface area contributed by atoms with Crippen molar-refractivity contribution >= 4 is 11.3 Å². The molecule has 3 heterocycles. The van der Waals surface area contributed by atoms with Crippen LogP contribution in [0.25, 0.3) is 10.6 Å². The topological polar surface area (TPSA) is 31.4 Å². The second-order valence-electron chi connectivity index (χ2n) is 6.47. The molecule has 122 valence electrons. The molecule has 0 saturated carbocycles. The highest BCUT2D eigenvalue weighted by molar-refractivity contribution is 7.13. The van der Waals surface area contributed by atoms with Gasteiger partial charge in [0.2, 0.25) is 0 Å². The molecule has 2 saturated heterocycles. The van der Waals surface area contributed by atoms with Gasteiger partial charge in [-0.15, -0.1) is 11.3 Å². The van der Waals surface area contributed by atoms with Gasteiger partial charge in [0.05, 0.1) is 5.69 Å². The molecule has 1 atom stereocenters. The molecule has 2 fully saturated rings. The third-order valence-corrected chi connectivity index (χ3v) is 5.86. The van der Waals surface area contributed by atoms with Gasteiger partial charge < -0.3 is 5.32 Å². The molecule has 2 aromatic rings. The van der Waals surface area contributed by atoms with Crippen LogP contribution in [0.2, 0.25) is 0 Å². The molecular formula is C18H24N4S. The summed E-state index contributed by atoms with van der Waals surface area (Å²) in [5, 5.41) is 6.83. The van der Waals surface area contributed by atoms with Crippen LogP contribution in [0.15, 0.2) is 35.7 Å². The molecule has 0 bridgehead atoms. The number of piperazine rings is 1. The van der Waals surface area contributed by atoms with Crippen LogP contribution < -0.4 is 5.32 Å². The first kappa shape index (κ1) is 15.3. The maximum Gasteiger partial charge on any atom is 0.123 e. The Balaban J connectivity index is 1.32. The molecule has 0 spiro atoms. The van der Waals surface area contributed by atoms with Crippen LogP contribution in [-0.4, -0.2) is 60.1 Å². The van der Waals surface area contributed by atoms with E-state index in [2.05, 4.69) is 50.8 Å². The monoisotopic (exact) mass is 328 g/mol. The second-order valence-corrected chi connectivity index (χ2v) is 7.33. The number of thiazole rings is 1. The Morgan fingerprint density at radius 2 is 1.96 bits per heavy atom. The fourth-order valence-corrected chi connectivity index (χ4v) is 4.38. The number of aromatic nitrogens is 1. The largest absolute Gasteiger partial charge is 0.315 e. The van der Waals surface area contributed by atoms with E-state index < -0.39 is 0 Å². The second kappa shape index (κ2) is 7.09. The smallest absolute Gasteiger partial charge is 0.123 e. The molecular weight excluding hydrogens is 304 g/mol. The number of nitrogens with one attached hydrogen (secondary N) is 1. The number of rotatable bonds is 4. The quantitative estimate of drug-likeness (QED) is 0.933. The summed E-state index contributed by atoms with van der Waals surface area (Å²) in [5.74, 6) is 0. The summed E-state index contributed by atoms with van der Waals surface area (Å²) >= 11 is 1.76. The van der Waals surface area contributed by atoms with Crippen molar-refractivity contribution in [2.45, 2.75) is 19.0 Å². The van der Waals surface area contributed by atoms with E-state index in [4.69, 9.17) is 4.98 Å². The fraction of sp³-hybridized carbons (Fsp3) is 0.500. The van der Waals surface area contributed by atoms with Crippen molar-refractivity contribution in [3.63, 3.8) is 0 Å². The van der Waals surface area contributed by atoms with E-state index in [0.29, 0.717) is 0 Å². The molecule has 5 heteroatoms. The Morgan fingerprint density at radius 3 is 2.70 bits per heavy atom. The van der Waals surface area contributed by atoms with E-state index in [1.54, 1.807) is 11.3 Å². The molecule has 0 radical (unpaired) electrons. The zero-order valence-corrected chi connectivity index (χ0v) is 14.3. The van der Waals surface area contributed by atoms with E-state index >= 15 is 0 Å². The number of hydrogen-bond acceptors (Lipinski definition) is 5. The summed E-state index contributed by atoms with van der Waals surface area (Å²) in [4.78, 5) is 10.0. The van der Waals surface area contributed by atoms with Gasteiger partial charge >= 0.3 is 0 Å². The lowest BCUT2D eigenvalue weighted by atomic mass is 10.2. The predicted octanol–water partition coefficient (Wildman–Crippen LogP) is 2.29. The van der Waals surface area contributed by atoms with Gasteiger partial charge in [-0.05, 0) is 13.0 Å². The van der Waals surface area contributed by atoms with Gasteiger partial charge in [-0.1, -0.05) is 30.3 Å². The Hall–Kier alpha value is -1.27. The lowest BCUT2D eigenvalue weighted by Gasteiger charge is -2.37. The summed E-state index contributed by atoms with van der Waals surface area (Å²) in [6, 6.07) is 11.2. The van der Waals surface area contributed by atoms with Crippen LogP contribution in [0, 0.1) is 0 Å². The lowest BCUT2D eigenvalue weighted by Crippen LogP contribution is -2.50. The van der Waals surface area contributed by atoms with Crippen LogP contribution >= 0.6 is 11.3 Å². The average molecular weight is 328 g/mol. The molecule has 1 aromatic carbocycles. The molecule has 4 nitrogen and oxygen atoms in total. The lowest BCUT2D eigenvalue weighted by molar-refractivity contribution is 0.0975. The summed E-state index contributed by atoms with van der Waals surface area (Å²) in [6.45, 7) is 8.06. The van der Waals surface area contributed by atoms with Crippen molar-refractivity contribution in [3.8, 4) is 10.6 Å². The van der Waals surface area contributed by atoms with Gasteiger partial charge in [-0.25, -0.2) is 4.98 Å². The third kappa shape index (κ3) is 3.63. The molecule has 4 rings (SSSR count). The van der Waals surface area contributed by atoms with Gasteiger partial charge in [0, 0.05) is 56.3 Å². The van der Waals surface area contributed by atoms with Crippen molar-refractivity contribution < 1.29 is 0 Å². The fourth-order valence-electron chi connectivity index (χ4n) is 3.56. The van der Waals surface area contributed by atoms with Gasteiger partial charge in [-0.3, -0.25) is 9.80 Å². The summed E-state index contributed by atoms with van der Waals surface area (Å²) in [5.41, 5.74) is 2.44. The average Bonchev–Trinajstić information content (AvgIpc) is 3.28. The zero-order chi connectivity index (χ0) is 15.5. The summed E-state index contributed by atoms with van der Waals surface area (Å²) in [6.07, 6.45) is 1.31. The minimum absolute atomic E-state index is 0.765. The number of nitrogens with zero attached hydrogens (tertiary/aromatic N) is 3. The first-order valence-electron chi connectivity index (χ1n) is 8.55. The van der Waals surface area contributed by atoms with E-state index in [9.17, 15) is 0 Å². The highest BCUT2D eigenvalue weighted by atomic mass is 32.1. The molecule has 2 aliphatic rings. The van der Waals surface area contributed by atoms with E-state index in [-0.39, 0.29) is 0 Å². The van der Waals surface area contributed by atoms with Crippen LogP contribution in [0.1, 0.15) is 12.1 Å². The number of hydrogen-bond donors (Lipinski definition) is 1. The normalized spacial score (nSPS) is 23.4. The van der Waals surface area contributed by atoms with Gasteiger partial charge in [0.25, 0.3) is 0 Å². The Bertz CT molecular complexity index is 613. The molecule has 1 aromatic heterocycles. The molecule has 0 amide bonds. The third-order valence-electron chi connectivity index (χ3n) is 4.92. The standard InChI is InChI=1S/C18H24N4S/c1-2-4-15(5-3-1)18-20-16(14-23-18)13-21-8-10-22(11-9-21)17-6-7-19-12-17/h1-5,14,17,19H,6-13H2. The van der Waals surface area contributed by atoms with E-state index in [1.165, 1.54) is 43.9 Å². The summed E-state index contributed by atoms with van der Waals surface area (Å²) in [7, 11) is 0. The van der Waals surface area contributed by atoms with Crippen LogP contribution in [0.4, 0.5) is 0 Å². The van der Waals surface area contributed by atoms with E-state index in [1.807, 2.05) is 0 Å². The van der Waals surface area contributed by atoms with Crippen LogP contribution in [-0.2, 0) is 6.54 Å². The predicted molar refractivity (Wildman–Crippen MR) is 95.7 cm³/mol. The molecule has 2 aliphatic heterocycles. The molecule has 1 N–H and O–H groups in total. The molecule has 0 aliphatic carbocycles. The first-order chi connectivity index (χ1) is 11.4. The Kier molecular flexibility index (Phi) is 4.71. The Morgan fingerprint density at radius 1 is 1.13 bits per heavy atom. The Labute approximate surface area is 142 Å². The van der Waals surface area contributed by atoms with Gasteiger partial charge in [0.1, 0.15) is 5.01 Å². The van der Waals surface area contributed by atoms with Crippen LogP contribution in [0.3, 0.4) is 0 Å². The van der Waals surface area contributed by atoms with Gasteiger partial charge in [-0.2, -0.15) is 0 Å². The zero-order valence-electron chi connectivity index (χ0n) is 13.4. The van der Waals surface area contributed by atoms with Crippen molar-refractivity contribution in [1.82, 2.24) is 20.1 Å².